The minimum absolute atomic E-state index is 0.101. The number of phenolic OH excluding ortho intramolecular Hbond substituents is 1. The first-order chi connectivity index (χ1) is 14.1. The number of carbonyl (C=O) groups is 1. The summed E-state index contributed by atoms with van der Waals surface area (Å²) in [5, 5.41) is 22.1. The average molecular weight is 391 g/mol. The van der Waals surface area contributed by atoms with Gasteiger partial charge in [-0.2, -0.15) is 5.11 Å². The van der Waals surface area contributed by atoms with E-state index in [1.54, 1.807) is 48.7 Å². The molecule has 150 valence electrons. The number of aromatic nitrogens is 1. The van der Waals surface area contributed by atoms with Crippen molar-refractivity contribution in [3.05, 3.63) is 60.3 Å². The number of carbonyl (C=O) groups excluding carboxylic acids is 1. The van der Waals surface area contributed by atoms with Gasteiger partial charge in [0.25, 0.3) is 5.91 Å². The number of hydrogen-bond acceptors (Lipinski definition) is 6. The van der Waals surface area contributed by atoms with Crippen LogP contribution in [0.15, 0.2) is 65.0 Å². The molecule has 2 aromatic carbocycles. The molecule has 0 atom stereocenters. The molecule has 0 radical (unpaired) electrons. The van der Waals surface area contributed by atoms with E-state index in [2.05, 4.69) is 39.3 Å². The Hall–Kier alpha value is -3.32. The highest BCUT2D eigenvalue weighted by molar-refractivity contribution is 5.94. The molecule has 7 heteroatoms. The molecule has 0 saturated heterocycles. The number of nitrogens with zero attached hydrogens (tertiary/aromatic N) is 4. The molecular formula is C22H25N5O2. The van der Waals surface area contributed by atoms with E-state index in [0.29, 0.717) is 29.0 Å². The third-order valence-electron chi connectivity index (χ3n) is 4.74. The molecule has 7 nitrogen and oxygen atoms in total. The summed E-state index contributed by atoms with van der Waals surface area (Å²) in [7, 11) is 0. The van der Waals surface area contributed by atoms with Gasteiger partial charge in [0.2, 0.25) is 0 Å². The van der Waals surface area contributed by atoms with Gasteiger partial charge in [0.1, 0.15) is 11.3 Å². The van der Waals surface area contributed by atoms with E-state index in [-0.39, 0.29) is 11.7 Å². The van der Waals surface area contributed by atoms with E-state index in [1.165, 1.54) is 0 Å². The highest BCUT2D eigenvalue weighted by atomic mass is 16.3. The zero-order valence-electron chi connectivity index (χ0n) is 16.7. The van der Waals surface area contributed by atoms with E-state index in [9.17, 15) is 9.90 Å². The average Bonchev–Trinajstić information content (AvgIpc) is 2.77. The standard InChI is InChI=1S/C22H25N5O2/c1-3-27(4-2)15-14-24-22(29)16-7-9-17(10-8-16)25-26-19-11-12-20(28)21-18(19)6-5-13-23-21/h5-13,28H,3-4,14-15H2,1-2H3,(H,24,29). The van der Waals surface area contributed by atoms with Crippen LogP contribution >= 0.6 is 0 Å². The van der Waals surface area contributed by atoms with Gasteiger partial charge >= 0.3 is 0 Å². The van der Waals surface area contributed by atoms with Crippen LogP contribution in [-0.2, 0) is 0 Å². The molecule has 0 bridgehead atoms. The Balaban J connectivity index is 1.65. The van der Waals surface area contributed by atoms with Crippen molar-refractivity contribution in [2.45, 2.75) is 13.8 Å². The summed E-state index contributed by atoms with van der Waals surface area (Å²) in [6.07, 6.45) is 1.62. The lowest BCUT2D eigenvalue weighted by molar-refractivity contribution is 0.0949. The number of amides is 1. The highest BCUT2D eigenvalue weighted by Crippen LogP contribution is 2.31. The van der Waals surface area contributed by atoms with E-state index in [4.69, 9.17) is 0 Å². The van der Waals surface area contributed by atoms with Crippen LogP contribution in [0.3, 0.4) is 0 Å². The largest absolute Gasteiger partial charge is 0.506 e. The maximum Gasteiger partial charge on any atom is 0.251 e. The fourth-order valence-corrected chi connectivity index (χ4v) is 2.99. The number of hydrogen-bond donors (Lipinski definition) is 2. The molecule has 3 aromatic rings. The summed E-state index contributed by atoms with van der Waals surface area (Å²) in [4.78, 5) is 18.7. The van der Waals surface area contributed by atoms with Gasteiger partial charge in [0.05, 0.1) is 11.4 Å². The molecule has 29 heavy (non-hydrogen) atoms. The van der Waals surface area contributed by atoms with Crippen molar-refractivity contribution in [1.82, 2.24) is 15.2 Å². The Morgan fingerprint density at radius 1 is 1.07 bits per heavy atom. The molecule has 0 spiro atoms. The molecule has 0 unspecified atom stereocenters. The van der Waals surface area contributed by atoms with Gasteiger partial charge in [-0.3, -0.25) is 9.78 Å². The molecule has 0 aliphatic carbocycles. The first-order valence-electron chi connectivity index (χ1n) is 9.71. The van der Waals surface area contributed by atoms with Crippen LogP contribution in [0.2, 0.25) is 0 Å². The molecule has 0 aliphatic heterocycles. The summed E-state index contributed by atoms with van der Waals surface area (Å²) in [6, 6.07) is 13.8. The predicted molar refractivity (Wildman–Crippen MR) is 114 cm³/mol. The number of azo groups is 1. The van der Waals surface area contributed by atoms with Crippen LogP contribution in [0.5, 0.6) is 5.75 Å². The topological polar surface area (TPSA) is 90.2 Å². The van der Waals surface area contributed by atoms with Gasteiger partial charge in [0, 0.05) is 30.2 Å². The monoisotopic (exact) mass is 391 g/mol. The first-order valence-corrected chi connectivity index (χ1v) is 9.71. The quantitative estimate of drug-likeness (QED) is 0.556. The number of pyridine rings is 1. The third kappa shape index (κ3) is 5.14. The van der Waals surface area contributed by atoms with Crippen LogP contribution in [0.25, 0.3) is 10.9 Å². The lowest BCUT2D eigenvalue weighted by atomic mass is 10.2. The predicted octanol–water partition coefficient (Wildman–Crippen LogP) is 4.43. The van der Waals surface area contributed by atoms with Gasteiger partial charge in [-0.25, -0.2) is 0 Å². The summed E-state index contributed by atoms with van der Waals surface area (Å²) < 4.78 is 0. The molecule has 0 fully saturated rings. The van der Waals surface area contributed by atoms with Crippen LogP contribution in [-0.4, -0.2) is 47.1 Å². The zero-order valence-corrected chi connectivity index (χ0v) is 16.7. The number of rotatable bonds is 8. The maximum atomic E-state index is 12.3. The number of likely N-dealkylation sites (N-methyl/N-ethyl adjacent to an activating group) is 1. The Morgan fingerprint density at radius 2 is 1.83 bits per heavy atom. The number of fused-ring (bicyclic) bond motifs is 1. The SMILES string of the molecule is CCN(CC)CCNC(=O)c1ccc(N=Nc2ccc(O)c3ncccc23)cc1. The van der Waals surface area contributed by atoms with Crippen LogP contribution in [0.1, 0.15) is 24.2 Å². The van der Waals surface area contributed by atoms with Crippen molar-refractivity contribution in [3.8, 4) is 5.75 Å². The Labute approximate surface area is 170 Å². The summed E-state index contributed by atoms with van der Waals surface area (Å²) in [5.74, 6) is 0.00663. The number of phenols is 1. The lowest BCUT2D eigenvalue weighted by Crippen LogP contribution is -2.34. The fourth-order valence-electron chi connectivity index (χ4n) is 2.99. The van der Waals surface area contributed by atoms with Gasteiger partial charge in [-0.05, 0) is 61.6 Å². The molecule has 2 N–H and O–H groups in total. The number of aromatic hydroxyl groups is 1. The van der Waals surface area contributed by atoms with Crippen molar-refractivity contribution >= 4 is 28.2 Å². The Kier molecular flexibility index (Phi) is 6.86. The van der Waals surface area contributed by atoms with Crippen molar-refractivity contribution in [1.29, 1.82) is 0 Å². The van der Waals surface area contributed by atoms with Crippen LogP contribution < -0.4 is 5.32 Å². The maximum absolute atomic E-state index is 12.3. The molecule has 1 heterocycles. The van der Waals surface area contributed by atoms with Crippen LogP contribution in [0.4, 0.5) is 11.4 Å². The number of nitrogens with one attached hydrogen (secondary N) is 1. The van der Waals surface area contributed by atoms with E-state index in [0.717, 1.165) is 25.0 Å². The van der Waals surface area contributed by atoms with Crippen molar-refractivity contribution in [2.24, 2.45) is 10.2 Å². The Bertz CT molecular complexity index is 998. The lowest BCUT2D eigenvalue weighted by Gasteiger charge is -2.17. The van der Waals surface area contributed by atoms with Crippen molar-refractivity contribution < 1.29 is 9.90 Å². The van der Waals surface area contributed by atoms with Crippen molar-refractivity contribution in [3.63, 3.8) is 0 Å². The minimum Gasteiger partial charge on any atom is -0.506 e. The Morgan fingerprint density at radius 3 is 2.55 bits per heavy atom. The summed E-state index contributed by atoms with van der Waals surface area (Å²) in [5.41, 5.74) is 2.32. The second kappa shape index (κ2) is 9.75. The normalized spacial score (nSPS) is 11.4. The second-order valence-corrected chi connectivity index (χ2v) is 6.53. The molecule has 3 rings (SSSR count). The van der Waals surface area contributed by atoms with Gasteiger partial charge < -0.3 is 15.3 Å². The van der Waals surface area contributed by atoms with E-state index in [1.807, 2.05) is 6.07 Å². The smallest absolute Gasteiger partial charge is 0.251 e. The van der Waals surface area contributed by atoms with Crippen molar-refractivity contribution in [2.75, 3.05) is 26.2 Å². The summed E-state index contributed by atoms with van der Waals surface area (Å²) >= 11 is 0. The molecule has 0 aliphatic rings. The molecule has 0 saturated carbocycles. The summed E-state index contributed by atoms with van der Waals surface area (Å²) in [6.45, 7) is 7.60. The third-order valence-corrected chi connectivity index (χ3v) is 4.74. The molecule has 1 aromatic heterocycles. The fraction of sp³-hybridized carbons (Fsp3) is 0.273. The second-order valence-electron chi connectivity index (χ2n) is 6.53. The van der Waals surface area contributed by atoms with E-state index < -0.39 is 0 Å². The minimum atomic E-state index is -0.101. The van der Waals surface area contributed by atoms with Gasteiger partial charge in [-0.15, -0.1) is 5.11 Å². The zero-order chi connectivity index (χ0) is 20.6. The van der Waals surface area contributed by atoms with Crippen LogP contribution in [0, 0.1) is 0 Å². The number of benzene rings is 2. The van der Waals surface area contributed by atoms with Gasteiger partial charge in [0.15, 0.2) is 0 Å². The molecule has 1 amide bonds. The highest BCUT2D eigenvalue weighted by Gasteiger charge is 2.07. The first kappa shape index (κ1) is 20.4. The molecular weight excluding hydrogens is 366 g/mol. The van der Waals surface area contributed by atoms with Gasteiger partial charge in [-0.1, -0.05) is 13.8 Å². The van der Waals surface area contributed by atoms with E-state index >= 15 is 0 Å².